The van der Waals surface area contributed by atoms with Crippen molar-refractivity contribution in [3.05, 3.63) is 60.4 Å². The van der Waals surface area contributed by atoms with Crippen molar-refractivity contribution >= 4 is 28.5 Å². The molecule has 1 heterocycles. The van der Waals surface area contributed by atoms with Gasteiger partial charge in [-0.15, -0.1) is 0 Å². The molecular weight excluding hydrogens is 340 g/mol. The molecule has 2 aromatic carbocycles. The van der Waals surface area contributed by atoms with Gasteiger partial charge in [0.1, 0.15) is 12.4 Å². The smallest absolute Gasteiger partial charge is 0.244 e. The lowest BCUT2D eigenvalue weighted by Gasteiger charge is -2.16. The number of fused-ring (bicyclic) bond motifs is 1. The van der Waals surface area contributed by atoms with E-state index in [2.05, 4.69) is 15.6 Å². The first-order chi connectivity index (χ1) is 13.1. The highest BCUT2D eigenvalue weighted by atomic mass is 16.2. The molecule has 0 spiro atoms. The van der Waals surface area contributed by atoms with E-state index in [-0.39, 0.29) is 24.4 Å². The number of carbonyl (C=O) groups excluding carboxylic acids is 2. The summed E-state index contributed by atoms with van der Waals surface area (Å²) in [6.45, 7) is 3.98. The van der Waals surface area contributed by atoms with Gasteiger partial charge < -0.3 is 15.2 Å². The Balaban J connectivity index is 1.86. The number of nitrogens with one attached hydrogen (secondary N) is 2. The quantitative estimate of drug-likeness (QED) is 0.672. The van der Waals surface area contributed by atoms with Gasteiger partial charge in [-0.25, -0.2) is 4.98 Å². The fourth-order valence-corrected chi connectivity index (χ4v) is 3.06. The summed E-state index contributed by atoms with van der Waals surface area (Å²) in [5.74, 6) is 0.513. The van der Waals surface area contributed by atoms with E-state index in [9.17, 15) is 9.59 Å². The summed E-state index contributed by atoms with van der Waals surface area (Å²) in [5, 5.41) is 5.86. The van der Waals surface area contributed by atoms with Gasteiger partial charge in [0.15, 0.2) is 0 Å². The lowest BCUT2D eigenvalue weighted by atomic mass is 10.2. The molecule has 3 rings (SSSR count). The van der Waals surface area contributed by atoms with Gasteiger partial charge in [-0.2, -0.15) is 0 Å². The zero-order valence-corrected chi connectivity index (χ0v) is 15.6. The number of amides is 2. The average Bonchev–Trinajstić information content (AvgIpc) is 3.01. The Kier molecular flexibility index (Phi) is 5.86. The van der Waals surface area contributed by atoms with Crippen LogP contribution in [0.15, 0.2) is 54.6 Å². The van der Waals surface area contributed by atoms with Crippen molar-refractivity contribution in [2.45, 2.75) is 39.3 Å². The van der Waals surface area contributed by atoms with Crippen LogP contribution >= 0.6 is 0 Å². The molecule has 2 N–H and O–H groups in total. The summed E-state index contributed by atoms with van der Waals surface area (Å²) in [4.78, 5) is 29.2. The maximum atomic E-state index is 12.6. The van der Waals surface area contributed by atoms with Crippen molar-refractivity contribution in [2.75, 3.05) is 5.32 Å². The number of para-hydroxylation sites is 3. The number of rotatable bonds is 7. The van der Waals surface area contributed by atoms with E-state index in [1.165, 1.54) is 0 Å². The second kappa shape index (κ2) is 8.49. The van der Waals surface area contributed by atoms with Gasteiger partial charge in [-0.3, -0.25) is 9.59 Å². The zero-order valence-electron chi connectivity index (χ0n) is 15.6. The van der Waals surface area contributed by atoms with Crippen LogP contribution in [0.1, 0.15) is 38.6 Å². The second-order valence-corrected chi connectivity index (χ2v) is 6.50. The molecule has 1 atom stereocenters. The molecule has 0 bridgehead atoms. The van der Waals surface area contributed by atoms with Crippen LogP contribution in [0.5, 0.6) is 0 Å². The maximum Gasteiger partial charge on any atom is 0.244 e. The van der Waals surface area contributed by atoms with Crippen LogP contribution in [-0.4, -0.2) is 21.4 Å². The number of hydrogen-bond acceptors (Lipinski definition) is 3. The van der Waals surface area contributed by atoms with E-state index in [1.54, 1.807) is 0 Å². The van der Waals surface area contributed by atoms with E-state index in [4.69, 9.17) is 0 Å². The van der Waals surface area contributed by atoms with Crippen molar-refractivity contribution in [3.63, 3.8) is 0 Å². The highest BCUT2D eigenvalue weighted by Crippen LogP contribution is 2.21. The van der Waals surface area contributed by atoms with Gasteiger partial charge >= 0.3 is 0 Å². The summed E-state index contributed by atoms with van der Waals surface area (Å²) < 4.78 is 1.87. The van der Waals surface area contributed by atoms with Gasteiger partial charge in [-0.05, 0) is 37.6 Å². The fourth-order valence-electron chi connectivity index (χ4n) is 3.06. The number of anilines is 1. The third-order valence-electron chi connectivity index (χ3n) is 4.29. The van der Waals surface area contributed by atoms with Crippen molar-refractivity contribution in [3.8, 4) is 0 Å². The third-order valence-corrected chi connectivity index (χ3v) is 4.29. The minimum Gasteiger partial charge on any atom is -0.346 e. The first kappa shape index (κ1) is 18.6. The van der Waals surface area contributed by atoms with Crippen molar-refractivity contribution in [2.24, 2.45) is 0 Å². The van der Waals surface area contributed by atoms with E-state index >= 15 is 0 Å². The second-order valence-electron chi connectivity index (χ2n) is 6.50. The number of imidazole rings is 1. The lowest BCUT2D eigenvalue weighted by Crippen LogP contribution is -2.29. The molecule has 0 aliphatic carbocycles. The standard InChI is InChI=1S/C21H24N4O2/c1-3-9-19(26)22-15(2)21-24-17-12-7-8-13-18(17)25(21)14-20(27)23-16-10-5-4-6-11-16/h4-8,10-13,15H,3,9,14H2,1-2H3,(H,22,26)(H,23,27). The minimum atomic E-state index is -0.291. The summed E-state index contributed by atoms with van der Waals surface area (Å²) in [7, 11) is 0. The molecule has 1 unspecified atom stereocenters. The van der Waals surface area contributed by atoms with Crippen LogP contribution in [0.2, 0.25) is 0 Å². The number of carbonyl (C=O) groups is 2. The Morgan fingerprint density at radius 3 is 2.48 bits per heavy atom. The van der Waals surface area contributed by atoms with Crippen LogP contribution in [0, 0.1) is 0 Å². The van der Waals surface area contributed by atoms with Crippen LogP contribution in [-0.2, 0) is 16.1 Å². The number of nitrogens with zero attached hydrogens (tertiary/aromatic N) is 2. The third kappa shape index (κ3) is 4.53. The van der Waals surface area contributed by atoms with Gasteiger partial charge in [0.25, 0.3) is 0 Å². The molecule has 0 aliphatic heterocycles. The Morgan fingerprint density at radius 2 is 1.74 bits per heavy atom. The topological polar surface area (TPSA) is 76.0 Å². The number of benzene rings is 2. The fraction of sp³-hybridized carbons (Fsp3) is 0.286. The summed E-state index contributed by atoms with van der Waals surface area (Å²) in [5.41, 5.74) is 2.42. The molecule has 1 aromatic heterocycles. The molecule has 0 saturated heterocycles. The largest absolute Gasteiger partial charge is 0.346 e. The molecule has 6 heteroatoms. The molecule has 27 heavy (non-hydrogen) atoms. The number of aromatic nitrogens is 2. The summed E-state index contributed by atoms with van der Waals surface area (Å²) >= 11 is 0. The van der Waals surface area contributed by atoms with Crippen LogP contribution in [0.25, 0.3) is 11.0 Å². The monoisotopic (exact) mass is 364 g/mol. The van der Waals surface area contributed by atoms with Crippen LogP contribution in [0.3, 0.4) is 0 Å². The minimum absolute atomic E-state index is 0.0163. The van der Waals surface area contributed by atoms with Gasteiger partial charge in [-0.1, -0.05) is 37.3 Å². The predicted octanol–water partition coefficient (Wildman–Crippen LogP) is 3.65. The molecule has 140 valence electrons. The highest BCUT2D eigenvalue weighted by Gasteiger charge is 2.19. The SMILES string of the molecule is CCCC(=O)NC(C)c1nc2ccccc2n1CC(=O)Nc1ccccc1. The molecule has 2 amide bonds. The van der Waals surface area contributed by atoms with Crippen molar-refractivity contribution in [1.29, 1.82) is 0 Å². The average molecular weight is 364 g/mol. The molecule has 0 radical (unpaired) electrons. The van der Waals surface area contributed by atoms with Crippen molar-refractivity contribution < 1.29 is 9.59 Å². The highest BCUT2D eigenvalue weighted by molar-refractivity contribution is 5.91. The Labute approximate surface area is 158 Å². The lowest BCUT2D eigenvalue weighted by molar-refractivity contribution is -0.121. The normalized spacial score (nSPS) is 11.9. The first-order valence-corrected chi connectivity index (χ1v) is 9.18. The van der Waals surface area contributed by atoms with Gasteiger partial charge in [0, 0.05) is 12.1 Å². The zero-order chi connectivity index (χ0) is 19.2. The predicted molar refractivity (Wildman–Crippen MR) is 106 cm³/mol. The molecule has 3 aromatic rings. The molecule has 0 saturated carbocycles. The Bertz CT molecular complexity index is 934. The number of hydrogen-bond donors (Lipinski definition) is 2. The van der Waals surface area contributed by atoms with E-state index in [0.717, 1.165) is 23.1 Å². The molecule has 0 fully saturated rings. The van der Waals surface area contributed by atoms with E-state index < -0.39 is 0 Å². The van der Waals surface area contributed by atoms with E-state index in [0.29, 0.717) is 12.2 Å². The van der Waals surface area contributed by atoms with E-state index in [1.807, 2.05) is 73.0 Å². The van der Waals surface area contributed by atoms with Crippen LogP contribution < -0.4 is 10.6 Å². The Hall–Kier alpha value is -3.15. The summed E-state index contributed by atoms with van der Waals surface area (Å²) in [6.07, 6.45) is 1.26. The molecular formula is C21H24N4O2. The van der Waals surface area contributed by atoms with Crippen molar-refractivity contribution in [1.82, 2.24) is 14.9 Å². The molecule has 6 nitrogen and oxygen atoms in total. The molecule has 0 aliphatic rings. The first-order valence-electron chi connectivity index (χ1n) is 9.18. The summed E-state index contributed by atoms with van der Waals surface area (Å²) in [6, 6.07) is 16.7. The van der Waals surface area contributed by atoms with Gasteiger partial charge in [0.2, 0.25) is 11.8 Å². The van der Waals surface area contributed by atoms with Gasteiger partial charge in [0.05, 0.1) is 17.1 Å². The van der Waals surface area contributed by atoms with Crippen LogP contribution in [0.4, 0.5) is 5.69 Å². The maximum absolute atomic E-state index is 12.6. The Morgan fingerprint density at radius 1 is 1.04 bits per heavy atom.